The van der Waals surface area contributed by atoms with Gasteiger partial charge in [-0.25, -0.2) is 9.40 Å². The van der Waals surface area contributed by atoms with E-state index in [2.05, 4.69) is 33.3 Å². The van der Waals surface area contributed by atoms with Gasteiger partial charge in [-0.3, -0.25) is 20.9 Å². The summed E-state index contributed by atoms with van der Waals surface area (Å²) in [4.78, 5) is 12.3. The molecular weight excluding hydrogens is 373 g/mol. The third-order valence-corrected chi connectivity index (χ3v) is 6.96. The van der Waals surface area contributed by atoms with Gasteiger partial charge >= 0.3 is 0 Å². The lowest BCUT2D eigenvalue weighted by atomic mass is 9.76. The largest absolute Gasteiger partial charge is 0.484 e. The van der Waals surface area contributed by atoms with Gasteiger partial charge in [-0.2, -0.15) is 0 Å². The highest BCUT2D eigenvalue weighted by atomic mass is 19.1. The summed E-state index contributed by atoms with van der Waals surface area (Å²) in [5, 5.41) is 13.1. The average Bonchev–Trinajstić information content (AvgIpc) is 3.31. The fourth-order valence-electron chi connectivity index (χ4n) is 5.68. The molecule has 3 saturated carbocycles. The van der Waals surface area contributed by atoms with E-state index in [1.54, 1.807) is 0 Å². The smallest absolute Gasteiger partial charge is 0.258 e. The van der Waals surface area contributed by atoms with Crippen molar-refractivity contribution in [3.05, 3.63) is 30.1 Å². The molecular formula is C21H30FN5O2. The van der Waals surface area contributed by atoms with Crippen LogP contribution in [0.2, 0.25) is 0 Å². The van der Waals surface area contributed by atoms with Gasteiger partial charge in [0.15, 0.2) is 6.61 Å². The highest BCUT2D eigenvalue weighted by Gasteiger charge is 2.57. The van der Waals surface area contributed by atoms with Crippen LogP contribution in [-0.4, -0.2) is 60.4 Å². The van der Waals surface area contributed by atoms with Gasteiger partial charge < -0.3 is 10.1 Å². The Hall–Kier alpha value is -1.74. The van der Waals surface area contributed by atoms with Crippen molar-refractivity contribution in [3.8, 4) is 5.75 Å². The van der Waals surface area contributed by atoms with Crippen LogP contribution in [-0.2, 0) is 4.79 Å². The van der Waals surface area contributed by atoms with E-state index in [4.69, 9.17) is 4.74 Å². The first kappa shape index (κ1) is 19.2. The molecule has 0 aromatic heterocycles. The van der Waals surface area contributed by atoms with Crippen molar-refractivity contribution in [1.82, 2.24) is 26.4 Å². The fraction of sp³-hybridized carbons (Fsp3) is 0.667. The molecule has 1 amide bonds. The van der Waals surface area contributed by atoms with Crippen LogP contribution < -0.4 is 26.1 Å². The quantitative estimate of drug-likeness (QED) is 0.561. The van der Waals surface area contributed by atoms with Crippen molar-refractivity contribution in [1.29, 1.82) is 0 Å². The first-order valence-electron chi connectivity index (χ1n) is 10.7. The number of piperazine rings is 1. The normalized spacial score (nSPS) is 38.3. The third kappa shape index (κ3) is 3.86. The van der Waals surface area contributed by atoms with Gasteiger partial charge in [0, 0.05) is 30.7 Å². The number of rotatable bonds is 6. The van der Waals surface area contributed by atoms with Crippen LogP contribution >= 0.6 is 0 Å². The van der Waals surface area contributed by atoms with E-state index in [0.717, 1.165) is 38.8 Å². The minimum absolute atomic E-state index is 0.0416. The highest BCUT2D eigenvalue weighted by molar-refractivity contribution is 5.78. The molecule has 158 valence electrons. The zero-order valence-electron chi connectivity index (χ0n) is 16.8. The fourth-order valence-corrected chi connectivity index (χ4v) is 5.68. The molecule has 0 spiro atoms. The maximum absolute atomic E-state index is 12.9. The second kappa shape index (κ2) is 7.50. The molecule has 29 heavy (non-hydrogen) atoms. The average molecular weight is 404 g/mol. The summed E-state index contributed by atoms with van der Waals surface area (Å²) in [5.41, 5.74) is 3.69. The van der Waals surface area contributed by atoms with E-state index in [0.29, 0.717) is 29.9 Å². The molecule has 1 aromatic rings. The van der Waals surface area contributed by atoms with Crippen molar-refractivity contribution in [3.63, 3.8) is 0 Å². The van der Waals surface area contributed by atoms with Crippen LogP contribution in [0.25, 0.3) is 0 Å². The number of nitrogens with one attached hydrogen (secondary N) is 4. The molecule has 2 bridgehead atoms. The molecule has 2 heterocycles. The number of benzene rings is 1. The number of amides is 1. The standard InChI is InChI=1S/C21H30FN5O2/c1-13-8-18-20(23-6-7-27(18)26-13)25-21-9-14(10-21)17(11-21)24-19(28)12-29-16-4-2-15(22)3-5-16/h2-5,13-14,17-18,20,23,25-26H,6-12H2,1H3,(H,24,28)/t13?,14?,17-,18?,20?,21?/m0/s1. The van der Waals surface area contributed by atoms with Gasteiger partial charge in [0.1, 0.15) is 11.6 Å². The Morgan fingerprint density at radius 2 is 2.10 bits per heavy atom. The summed E-state index contributed by atoms with van der Waals surface area (Å²) in [6, 6.07) is 6.93. The maximum Gasteiger partial charge on any atom is 0.258 e. The van der Waals surface area contributed by atoms with Crippen LogP contribution in [0.1, 0.15) is 32.6 Å². The first-order chi connectivity index (χ1) is 14.0. The Kier molecular flexibility index (Phi) is 4.98. The van der Waals surface area contributed by atoms with Gasteiger partial charge in [0.05, 0.1) is 12.2 Å². The number of hydrogen-bond acceptors (Lipinski definition) is 6. The molecule has 7 nitrogen and oxygen atoms in total. The molecule has 4 N–H and O–H groups in total. The predicted molar refractivity (Wildman–Crippen MR) is 107 cm³/mol. The van der Waals surface area contributed by atoms with Gasteiger partial charge in [-0.15, -0.1) is 0 Å². The summed E-state index contributed by atoms with van der Waals surface area (Å²) in [7, 11) is 0. The zero-order chi connectivity index (χ0) is 20.0. The van der Waals surface area contributed by atoms with Crippen LogP contribution in [0, 0.1) is 11.7 Å². The second-order valence-corrected chi connectivity index (χ2v) is 9.17. The molecule has 3 aliphatic carbocycles. The van der Waals surface area contributed by atoms with Crippen LogP contribution in [0.5, 0.6) is 5.75 Å². The van der Waals surface area contributed by atoms with Crippen molar-refractivity contribution < 1.29 is 13.9 Å². The molecule has 2 saturated heterocycles. The Bertz CT molecular complexity index is 754. The summed E-state index contributed by atoms with van der Waals surface area (Å²) in [6.07, 6.45) is 4.63. The van der Waals surface area contributed by atoms with Crippen molar-refractivity contribution in [2.75, 3.05) is 19.7 Å². The van der Waals surface area contributed by atoms with Gasteiger partial charge in [0.25, 0.3) is 5.91 Å². The first-order valence-corrected chi connectivity index (χ1v) is 10.7. The van der Waals surface area contributed by atoms with E-state index >= 15 is 0 Å². The molecule has 0 radical (unpaired) electrons. The number of carbonyl (C=O) groups excluding carboxylic acids is 1. The Morgan fingerprint density at radius 3 is 2.90 bits per heavy atom. The molecule has 1 aromatic carbocycles. The van der Waals surface area contributed by atoms with Crippen molar-refractivity contribution >= 4 is 5.91 Å². The Labute approximate surface area is 170 Å². The molecule has 8 heteroatoms. The van der Waals surface area contributed by atoms with E-state index in [1.807, 2.05) is 0 Å². The van der Waals surface area contributed by atoms with E-state index in [1.165, 1.54) is 24.3 Å². The highest BCUT2D eigenvalue weighted by Crippen LogP contribution is 2.52. The van der Waals surface area contributed by atoms with Gasteiger partial charge in [-0.05, 0) is 62.8 Å². The van der Waals surface area contributed by atoms with Crippen molar-refractivity contribution in [2.24, 2.45) is 5.92 Å². The molecule has 2 aliphatic heterocycles. The lowest BCUT2D eigenvalue weighted by Crippen LogP contribution is -2.68. The Balaban J connectivity index is 1.11. The minimum Gasteiger partial charge on any atom is -0.484 e. The monoisotopic (exact) mass is 403 g/mol. The summed E-state index contributed by atoms with van der Waals surface area (Å²) in [5.74, 6) is 0.613. The van der Waals surface area contributed by atoms with E-state index in [-0.39, 0.29) is 29.9 Å². The number of hydrogen-bond donors (Lipinski definition) is 4. The molecule has 3 unspecified atom stereocenters. The van der Waals surface area contributed by atoms with E-state index in [9.17, 15) is 9.18 Å². The second-order valence-electron chi connectivity index (χ2n) is 9.17. The number of halogens is 1. The zero-order valence-corrected chi connectivity index (χ0v) is 16.8. The van der Waals surface area contributed by atoms with Crippen molar-refractivity contribution in [2.45, 2.75) is 62.4 Å². The molecule has 6 rings (SSSR count). The number of fused-ring (bicyclic) bond motifs is 2. The molecule has 5 fully saturated rings. The number of ether oxygens (including phenoxy) is 1. The summed E-state index contributed by atoms with van der Waals surface area (Å²) in [6.45, 7) is 4.21. The Morgan fingerprint density at radius 1 is 1.31 bits per heavy atom. The predicted octanol–water partition coefficient (Wildman–Crippen LogP) is 0.728. The molecule has 4 atom stereocenters. The van der Waals surface area contributed by atoms with Gasteiger partial charge in [0.2, 0.25) is 0 Å². The minimum atomic E-state index is -0.316. The van der Waals surface area contributed by atoms with E-state index < -0.39 is 0 Å². The number of carbonyl (C=O) groups is 1. The summed E-state index contributed by atoms with van der Waals surface area (Å²) >= 11 is 0. The number of nitrogens with zero attached hydrogens (tertiary/aromatic N) is 1. The van der Waals surface area contributed by atoms with Crippen LogP contribution in [0.4, 0.5) is 4.39 Å². The van der Waals surface area contributed by atoms with Crippen LogP contribution in [0.15, 0.2) is 24.3 Å². The lowest BCUT2D eigenvalue weighted by molar-refractivity contribution is -0.124. The lowest BCUT2D eigenvalue weighted by Gasteiger charge is -2.46. The molecule has 5 aliphatic rings. The SMILES string of the molecule is CC1CC2C(NC34CC(C3)[C@@H](NC(=O)COc3ccc(F)cc3)C4)NCCN2N1. The third-order valence-electron chi connectivity index (χ3n) is 6.96. The maximum atomic E-state index is 12.9. The summed E-state index contributed by atoms with van der Waals surface area (Å²) < 4.78 is 18.4. The number of hydrazine groups is 1. The van der Waals surface area contributed by atoms with Crippen LogP contribution in [0.3, 0.4) is 0 Å². The van der Waals surface area contributed by atoms with Gasteiger partial charge in [-0.1, -0.05) is 0 Å². The topological polar surface area (TPSA) is 77.7 Å².